The predicted molar refractivity (Wildman–Crippen MR) is 112 cm³/mol. The van der Waals surface area contributed by atoms with E-state index < -0.39 is 6.04 Å². The fourth-order valence-corrected chi connectivity index (χ4v) is 4.92. The number of hydrogen-bond acceptors (Lipinski definition) is 6. The molecule has 0 saturated heterocycles. The van der Waals surface area contributed by atoms with Gasteiger partial charge in [-0.2, -0.15) is 0 Å². The van der Waals surface area contributed by atoms with Crippen LogP contribution in [0.4, 0.5) is 0 Å². The number of fused-ring (bicyclic) bond motifs is 1. The summed E-state index contributed by atoms with van der Waals surface area (Å²) >= 11 is 1.51. The minimum Gasteiger partial charge on any atom is -0.493 e. The first-order chi connectivity index (χ1) is 13.9. The monoisotopic (exact) mass is 417 g/mol. The van der Waals surface area contributed by atoms with Gasteiger partial charge in [-0.15, -0.1) is 11.3 Å². The number of rotatable bonds is 6. The molecule has 2 heterocycles. The molecule has 2 aromatic rings. The Hall–Kier alpha value is -2.54. The first-order valence-corrected chi connectivity index (χ1v) is 10.5. The van der Waals surface area contributed by atoms with E-state index >= 15 is 0 Å². The average Bonchev–Trinajstić information content (AvgIpc) is 3.12. The lowest BCUT2D eigenvalue weighted by molar-refractivity contribution is -0.141. The molecule has 1 atom stereocenters. The number of thiophene rings is 1. The smallest absolute Gasteiger partial charge is 0.307 e. The van der Waals surface area contributed by atoms with Gasteiger partial charge < -0.3 is 19.1 Å². The Bertz CT molecular complexity index is 920. The summed E-state index contributed by atoms with van der Waals surface area (Å²) in [5.74, 6) is 0.819. The van der Waals surface area contributed by atoms with E-state index in [1.807, 2.05) is 25.1 Å². The molecule has 1 unspecified atom stereocenters. The van der Waals surface area contributed by atoms with Crippen molar-refractivity contribution in [1.29, 1.82) is 0 Å². The summed E-state index contributed by atoms with van der Waals surface area (Å²) < 4.78 is 15.8. The number of carbonyl (C=O) groups excluding carboxylic acids is 2. The first kappa shape index (κ1) is 21.2. The van der Waals surface area contributed by atoms with Gasteiger partial charge >= 0.3 is 5.97 Å². The lowest BCUT2D eigenvalue weighted by atomic mass is 9.89. The molecule has 7 heteroatoms. The van der Waals surface area contributed by atoms with Gasteiger partial charge in [-0.3, -0.25) is 9.59 Å². The number of carbonyl (C=O) groups is 2. The van der Waals surface area contributed by atoms with Gasteiger partial charge in [0.25, 0.3) is 5.91 Å². The van der Waals surface area contributed by atoms with E-state index in [1.54, 1.807) is 19.1 Å². The van der Waals surface area contributed by atoms with Crippen molar-refractivity contribution >= 4 is 23.2 Å². The lowest BCUT2D eigenvalue weighted by Crippen LogP contribution is -2.41. The summed E-state index contributed by atoms with van der Waals surface area (Å²) in [7, 11) is 4.54. The van der Waals surface area contributed by atoms with Gasteiger partial charge in [-0.1, -0.05) is 6.92 Å². The Morgan fingerprint density at radius 1 is 1.14 bits per heavy atom. The molecule has 1 aliphatic rings. The second kappa shape index (κ2) is 8.86. The maximum atomic E-state index is 13.4. The van der Waals surface area contributed by atoms with Crippen molar-refractivity contribution in [3.63, 3.8) is 0 Å². The summed E-state index contributed by atoms with van der Waals surface area (Å²) in [5.41, 5.74) is 3.14. The zero-order chi connectivity index (χ0) is 21.1. The summed E-state index contributed by atoms with van der Waals surface area (Å²) in [6, 6.07) is 5.37. The molecule has 156 valence electrons. The second-order valence-corrected chi connectivity index (χ2v) is 8.25. The van der Waals surface area contributed by atoms with Crippen LogP contribution in [0, 0.1) is 6.92 Å². The van der Waals surface area contributed by atoms with Crippen LogP contribution in [0.5, 0.6) is 11.5 Å². The lowest BCUT2D eigenvalue weighted by Gasteiger charge is -2.37. The van der Waals surface area contributed by atoms with Crippen LogP contribution in [0.15, 0.2) is 18.2 Å². The Morgan fingerprint density at radius 2 is 1.83 bits per heavy atom. The molecule has 1 amide bonds. The summed E-state index contributed by atoms with van der Waals surface area (Å²) in [5, 5.41) is 0. The number of hydrogen-bond donors (Lipinski definition) is 0. The Labute approximate surface area is 175 Å². The summed E-state index contributed by atoms with van der Waals surface area (Å²) in [4.78, 5) is 29.2. The van der Waals surface area contributed by atoms with E-state index in [-0.39, 0.29) is 18.3 Å². The Morgan fingerprint density at radius 3 is 2.41 bits per heavy atom. The van der Waals surface area contributed by atoms with Crippen LogP contribution in [0.2, 0.25) is 0 Å². The molecule has 6 nitrogen and oxygen atoms in total. The van der Waals surface area contributed by atoms with E-state index in [9.17, 15) is 9.59 Å². The number of esters is 1. The molecule has 3 rings (SSSR count). The van der Waals surface area contributed by atoms with Crippen LogP contribution in [0.1, 0.15) is 50.6 Å². The number of amides is 1. The van der Waals surface area contributed by atoms with Crippen molar-refractivity contribution in [2.45, 2.75) is 39.2 Å². The molecule has 0 fully saturated rings. The van der Waals surface area contributed by atoms with Crippen LogP contribution in [0.25, 0.3) is 0 Å². The fourth-order valence-electron chi connectivity index (χ4n) is 3.85. The largest absolute Gasteiger partial charge is 0.493 e. The van der Waals surface area contributed by atoms with Crippen LogP contribution < -0.4 is 9.47 Å². The maximum Gasteiger partial charge on any atom is 0.307 e. The van der Waals surface area contributed by atoms with Crippen LogP contribution in [0.3, 0.4) is 0 Å². The van der Waals surface area contributed by atoms with Crippen LogP contribution >= 0.6 is 11.3 Å². The maximum absolute atomic E-state index is 13.4. The highest BCUT2D eigenvalue weighted by Gasteiger charge is 2.35. The number of ether oxygens (including phenoxy) is 3. The molecule has 1 aliphatic heterocycles. The molecule has 0 N–H and O–H groups in total. The van der Waals surface area contributed by atoms with Crippen molar-refractivity contribution in [2.75, 3.05) is 27.9 Å². The minimum atomic E-state index is -0.411. The van der Waals surface area contributed by atoms with Gasteiger partial charge in [0.05, 0.1) is 38.7 Å². The van der Waals surface area contributed by atoms with Gasteiger partial charge in [-0.05, 0) is 54.7 Å². The third kappa shape index (κ3) is 4.10. The molecule has 0 aliphatic carbocycles. The summed E-state index contributed by atoms with van der Waals surface area (Å²) in [6.45, 7) is 4.65. The van der Waals surface area contributed by atoms with E-state index in [4.69, 9.17) is 14.2 Å². The van der Waals surface area contributed by atoms with Crippen molar-refractivity contribution in [2.24, 2.45) is 0 Å². The van der Waals surface area contributed by atoms with Gasteiger partial charge in [0.15, 0.2) is 11.5 Å². The number of methoxy groups -OCH3 is 3. The van der Waals surface area contributed by atoms with Crippen molar-refractivity contribution in [3.05, 3.63) is 44.6 Å². The molecule has 29 heavy (non-hydrogen) atoms. The van der Waals surface area contributed by atoms with Gasteiger partial charge in [0.1, 0.15) is 0 Å². The van der Waals surface area contributed by atoms with Gasteiger partial charge in [0, 0.05) is 11.4 Å². The number of nitrogens with zero attached hydrogens (tertiary/aromatic N) is 1. The molecule has 0 saturated carbocycles. The van der Waals surface area contributed by atoms with Crippen molar-refractivity contribution in [3.8, 4) is 11.5 Å². The zero-order valence-electron chi connectivity index (χ0n) is 17.5. The second-order valence-electron chi connectivity index (χ2n) is 7.00. The van der Waals surface area contributed by atoms with Gasteiger partial charge in [-0.25, -0.2) is 0 Å². The van der Waals surface area contributed by atoms with E-state index in [0.29, 0.717) is 29.3 Å². The van der Waals surface area contributed by atoms with Crippen LogP contribution in [-0.4, -0.2) is 44.7 Å². The highest BCUT2D eigenvalue weighted by molar-refractivity contribution is 7.14. The topological polar surface area (TPSA) is 65.1 Å². The highest BCUT2D eigenvalue weighted by Crippen LogP contribution is 2.40. The third-order valence-corrected chi connectivity index (χ3v) is 6.54. The SMILES string of the molecule is CCc1cc(C(=O)N2CCc3cc(OC)c(OC)cc3C2CC(=O)OC)sc1C. The molecule has 0 spiro atoms. The molecule has 0 bridgehead atoms. The number of benzene rings is 1. The Kier molecular flexibility index (Phi) is 6.47. The zero-order valence-corrected chi connectivity index (χ0v) is 18.4. The van der Waals surface area contributed by atoms with E-state index in [0.717, 1.165) is 22.4 Å². The number of aryl methyl sites for hydroxylation is 2. The standard InChI is InChI=1S/C22H27NO5S/c1-6-14-10-20(29-13(14)2)22(25)23-8-7-15-9-18(26-3)19(27-4)11-16(15)17(23)12-21(24)28-5/h9-11,17H,6-8,12H2,1-5H3. The van der Waals surface area contributed by atoms with E-state index in [1.165, 1.54) is 24.0 Å². The predicted octanol–water partition coefficient (Wildman–Crippen LogP) is 3.94. The molecular weight excluding hydrogens is 390 g/mol. The molecule has 1 aromatic carbocycles. The third-order valence-electron chi connectivity index (χ3n) is 5.46. The minimum absolute atomic E-state index is 0.0489. The quantitative estimate of drug-likeness (QED) is 0.666. The fraction of sp³-hybridized carbons (Fsp3) is 0.455. The van der Waals surface area contributed by atoms with Gasteiger partial charge in [0.2, 0.25) is 0 Å². The first-order valence-electron chi connectivity index (χ1n) is 9.65. The average molecular weight is 418 g/mol. The molecular formula is C22H27NO5S. The van der Waals surface area contributed by atoms with Crippen molar-refractivity contribution < 1.29 is 23.8 Å². The highest BCUT2D eigenvalue weighted by atomic mass is 32.1. The molecule has 1 aromatic heterocycles. The van der Waals surface area contributed by atoms with E-state index in [2.05, 4.69) is 6.92 Å². The Balaban J connectivity index is 2.03. The summed E-state index contributed by atoms with van der Waals surface area (Å²) in [6.07, 6.45) is 1.67. The molecule has 0 radical (unpaired) electrons. The van der Waals surface area contributed by atoms with Crippen LogP contribution in [-0.2, 0) is 22.4 Å². The normalized spacial score (nSPS) is 15.6. The van der Waals surface area contributed by atoms with Crippen molar-refractivity contribution in [1.82, 2.24) is 4.90 Å².